The summed E-state index contributed by atoms with van der Waals surface area (Å²) in [7, 11) is 0. The lowest BCUT2D eigenvalue weighted by molar-refractivity contribution is -0.138. The molecule has 1 heterocycles. The van der Waals surface area contributed by atoms with Crippen molar-refractivity contribution in [1.29, 1.82) is 0 Å². The summed E-state index contributed by atoms with van der Waals surface area (Å²) in [4.78, 5) is 24.1. The van der Waals surface area contributed by atoms with Crippen molar-refractivity contribution in [3.8, 4) is 0 Å². The Hall–Kier alpha value is -2.04. The third-order valence-corrected chi connectivity index (χ3v) is 3.13. The van der Waals surface area contributed by atoms with Crippen LogP contribution in [-0.4, -0.2) is 23.5 Å². The van der Waals surface area contributed by atoms with Gasteiger partial charge < -0.3 is 15.7 Å². The predicted molar refractivity (Wildman–Crippen MR) is 68.5 cm³/mol. The van der Waals surface area contributed by atoms with E-state index in [1.165, 1.54) is 0 Å². The van der Waals surface area contributed by atoms with Crippen molar-refractivity contribution in [3.05, 3.63) is 23.3 Å². The van der Waals surface area contributed by atoms with Crippen molar-refractivity contribution in [2.75, 3.05) is 17.2 Å². The highest BCUT2D eigenvalue weighted by molar-refractivity contribution is 5.97. The Morgan fingerprint density at radius 1 is 1.39 bits per heavy atom. The average Bonchev–Trinajstić information content (AvgIpc) is 2.69. The van der Waals surface area contributed by atoms with E-state index >= 15 is 0 Å². The predicted octanol–water partition coefficient (Wildman–Crippen LogP) is 1.33. The van der Waals surface area contributed by atoms with Gasteiger partial charge in [0, 0.05) is 24.3 Å². The monoisotopic (exact) mass is 248 g/mol. The van der Waals surface area contributed by atoms with Crippen molar-refractivity contribution >= 4 is 23.3 Å². The number of aliphatic carboxylic acids is 1. The summed E-state index contributed by atoms with van der Waals surface area (Å²) in [6.45, 7) is 2.52. The lowest BCUT2D eigenvalue weighted by Gasteiger charge is -2.19. The molecule has 3 N–H and O–H groups in total. The fourth-order valence-corrected chi connectivity index (χ4v) is 2.40. The second-order valence-corrected chi connectivity index (χ2v) is 4.53. The van der Waals surface area contributed by atoms with Crippen LogP contribution in [0.3, 0.4) is 0 Å². The van der Waals surface area contributed by atoms with Crippen LogP contribution < -0.4 is 10.6 Å². The molecule has 5 nitrogen and oxygen atoms in total. The molecule has 5 heteroatoms. The van der Waals surface area contributed by atoms with E-state index in [1.54, 1.807) is 4.90 Å². The molecule has 2 rings (SSSR count). The number of aryl methyl sites for hydroxylation is 1. The zero-order chi connectivity index (χ0) is 13.3. The molecule has 0 aliphatic carbocycles. The van der Waals surface area contributed by atoms with Crippen molar-refractivity contribution < 1.29 is 14.7 Å². The molecule has 0 saturated carbocycles. The largest absolute Gasteiger partial charge is 0.481 e. The summed E-state index contributed by atoms with van der Waals surface area (Å²) in [5.41, 5.74) is 9.40. The number of fused-ring (bicyclic) bond motifs is 1. The van der Waals surface area contributed by atoms with Gasteiger partial charge in [0.15, 0.2) is 0 Å². The molecule has 0 spiro atoms. The lowest BCUT2D eigenvalue weighted by atomic mass is 10.1. The highest BCUT2D eigenvalue weighted by Crippen LogP contribution is 2.33. The van der Waals surface area contributed by atoms with Crippen LogP contribution in [0.25, 0.3) is 0 Å². The molecular weight excluding hydrogens is 232 g/mol. The van der Waals surface area contributed by atoms with E-state index in [9.17, 15) is 9.59 Å². The molecular formula is C13H16N2O3. The van der Waals surface area contributed by atoms with Gasteiger partial charge >= 0.3 is 5.97 Å². The Bertz CT molecular complexity index is 511. The number of rotatable bonds is 3. The van der Waals surface area contributed by atoms with Crippen LogP contribution in [0.4, 0.5) is 11.4 Å². The maximum atomic E-state index is 12.0. The Balaban J connectivity index is 2.21. The number of nitrogens with zero attached hydrogens (tertiary/aromatic N) is 1. The number of carboxylic acid groups (broad SMARTS) is 1. The maximum Gasteiger partial charge on any atom is 0.303 e. The van der Waals surface area contributed by atoms with Crippen molar-refractivity contribution in [2.45, 2.75) is 26.2 Å². The number of hydrogen-bond donors (Lipinski definition) is 2. The number of nitrogen functional groups attached to an aromatic ring is 1. The van der Waals surface area contributed by atoms with Gasteiger partial charge in [-0.1, -0.05) is 0 Å². The highest BCUT2D eigenvalue weighted by atomic mass is 16.4. The van der Waals surface area contributed by atoms with E-state index in [0.29, 0.717) is 12.2 Å². The number of amides is 1. The van der Waals surface area contributed by atoms with E-state index in [0.717, 1.165) is 23.2 Å². The minimum absolute atomic E-state index is 0.0403. The average molecular weight is 248 g/mol. The van der Waals surface area contributed by atoms with Crippen molar-refractivity contribution in [1.82, 2.24) is 0 Å². The first-order chi connectivity index (χ1) is 8.49. The van der Waals surface area contributed by atoms with Crippen LogP contribution >= 0.6 is 0 Å². The molecule has 0 radical (unpaired) electrons. The fraction of sp³-hybridized carbons (Fsp3) is 0.385. The smallest absolute Gasteiger partial charge is 0.303 e. The molecule has 1 aromatic carbocycles. The van der Waals surface area contributed by atoms with Gasteiger partial charge in [-0.3, -0.25) is 9.59 Å². The van der Waals surface area contributed by atoms with Gasteiger partial charge in [0.2, 0.25) is 5.91 Å². The number of carbonyl (C=O) groups excluding carboxylic acids is 1. The van der Waals surface area contributed by atoms with Gasteiger partial charge in [-0.05, 0) is 36.6 Å². The third kappa shape index (κ3) is 2.30. The second-order valence-electron chi connectivity index (χ2n) is 4.53. The molecule has 18 heavy (non-hydrogen) atoms. The first-order valence-corrected chi connectivity index (χ1v) is 5.90. The van der Waals surface area contributed by atoms with Crippen LogP contribution in [0, 0.1) is 6.92 Å². The number of hydrogen-bond acceptors (Lipinski definition) is 3. The summed E-state index contributed by atoms with van der Waals surface area (Å²) in [5.74, 6) is -1.08. The molecule has 0 fully saturated rings. The van der Waals surface area contributed by atoms with E-state index in [4.69, 9.17) is 10.8 Å². The molecule has 1 amide bonds. The quantitative estimate of drug-likeness (QED) is 0.790. The minimum Gasteiger partial charge on any atom is -0.481 e. The molecule has 0 unspecified atom stereocenters. The number of carboxylic acids is 1. The van der Waals surface area contributed by atoms with Gasteiger partial charge in [0.05, 0.1) is 6.42 Å². The van der Waals surface area contributed by atoms with Crippen LogP contribution in [-0.2, 0) is 16.0 Å². The van der Waals surface area contributed by atoms with Crippen LogP contribution in [0.5, 0.6) is 0 Å². The van der Waals surface area contributed by atoms with Gasteiger partial charge in [0.1, 0.15) is 0 Å². The minimum atomic E-state index is -0.947. The molecule has 0 bridgehead atoms. The van der Waals surface area contributed by atoms with E-state index in [2.05, 4.69) is 0 Å². The first kappa shape index (κ1) is 12.4. The Kier molecular flexibility index (Phi) is 3.23. The maximum absolute atomic E-state index is 12.0. The van der Waals surface area contributed by atoms with E-state index in [-0.39, 0.29) is 18.7 Å². The van der Waals surface area contributed by atoms with E-state index in [1.807, 2.05) is 19.1 Å². The molecule has 1 aromatic rings. The molecule has 1 aliphatic rings. The number of benzene rings is 1. The van der Waals surface area contributed by atoms with Crippen molar-refractivity contribution in [3.63, 3.8) is 0 Å². The SMILES string of the molecule is Cc1cc(N)cc2c1N(C(=O)CCC(=O)O)CC2. The van der Waals surface area contributed by atoms with Crippen LogP contribution in [0.1, 0.15) is 24.0 Å². The first-order valence-electron chi connectivity index (χ1n) is 5.90. The van der Waals surface area contributed by atoms with Gasteiger partial charge in [0.25, 0.3) is 0 Å². The van der Waals surface area contributed by atoms with Crippen molar-refractivity contribution in [2.24, 2.45) is 0 Å². The Morgan fingerprint density at radius 3 is 2.78 bits per heavy atom. The number of carbonyl (C=O) groups is 2. The Labute approximate surface area is 105 Å². The normalized spacial score (nSPS) is 13.5. The van der Waals surface area contributed by atoms with E-state index < -0.39 is 5.97 Å². The highest BCUT2D eigenvalue weighted by Gasteiger charge is 2.26. The summed E-state index contributed by atoms with van der Waals surface area (Å²) in [6, 6.07) is 3.72. The number of anilines is 2. The molecule has 0 saturated heterocycles. The Morgan fingerprint density at radius 2 is 2.11 bits per heavy atom. The fourth-order valence-electron chi connectivity index (χ4n) is 2.40. The van der Waals surface area contributed by atoms with Crippen LogP contribution in [0.15, 0.2) is 12.1 Å². The van der Waals surface area contributed by atoms with Gasteiger partial charge in [-0.2, -0.15) is 0 Å². The lowest BCUT2D eigenvalue weighted by Crippen LogP contribution is -2.29. The standard InChI is InChI=1S/C13H16N2O3/c1-8-6-10(14)7-9-4-5-15(13(8)9)11(16)2-3-12(17)18/h6-7H,2-5,14H2,1H3,(H,17,18). The van der Waals surface area contributed by atoms with Gasteiger partial charge in [-0.15, -0.1) is 0 Å². The second kappa shape index (κ2) is 4.68. The summed E-state index contributed by atoms with van der Waals surface area (Å²) >= 11 is 0. The molecule has 0 atom stereocenters. The van der Waals surface area contributed by atoms with Gasteiger partial charge in [-0.25, -0.2) is 0 Å². The molecule has 1 aliphatic heterocycles. The summed E-state index contributed by atoms with van der Waals surface area (Å²) in [6.07, 6.45) is 0.692. The third-order valence-electron chi connectivity index (χ3n) is 3.13. The summed E-state index contributed by atoms with van der Waals surface area (Å²) < 4.78 is 0. The molecule has 0 aromatic heterocycles. The summed E-state index contributed by atoms with van der Waals surface area (Å²) in [5, 5.41) is 8.60. The van der Waals surface area contributed by atoms with Crippen LogP contribution in [0.2, 0.25) is 0 Å². The zero-order valence-electron chi connectivity index (χ0n) is 10.3. The molecule has 96 valence electrons. The topological polar surface area (TPSA) is 83.6 Å². The zero-order valence-corrected chi connectivity index (χ0v) is 10.3. The number of nitrogens with two attached hydrogens (primary N) is 1.